The molecule has 0 aromatic carbocycles. The molecular formula is C5H13O6P. The lowest BCUT2D eigenvalue weighted by molar-refractivity contribution is 0.0395. The van der Waals surface area contributed by atoms with Gasteiger partial charge in [-0.05, 0) is 6.42 Å². The molecule has 0 unspecified atom stereocenters. The molecule has 12 heavy (non-hydrogen) atoms. The lowest BCUT2D eigenvalue weighted by atomic mass is 10.5. The molecule has 0 saturated heterocycles. The van der Waals surface area contributed by atoms with Crippen molar-refractivity contribution in [1.29, 1.82) is 0 Å². The van der Waals surface area contributed by atoms with Crippen LogP contribution in [0.5, 0.6) is 0 Å². The predicted molar refractivity (Wildman–Crippen MR) is 40.5 cm³/mol. The highest BCUT2D eigenvalue weighted by Crippen LogP contribution is 2.47. The third kappa shape index (κ3) is 4.82. The molecule has 0 amide bonds. The fraction of sp³-hybridized carbons (Fsp3) is 1.00. The summed E-state index contributed by atoms with van der Waals surface area (Å²) in [6.45, 7) is -1.61. The van der Waals surface area contributed by atoms with E-state index in [2.05, 4.69) is 9.05 Å². The van der Waals surface area contributed by atoms with Crippen molar-refractivity contribution in [2.75, 3.05) is 26.4 Å². The van der Waals surface area contributed by atoms with Crippen LogP contribution in [0.3, 0.4) is 0 Å². The molecule has 0 rings (SSSR count). The normalized spacial score (nSPS) is 11.9. The van der Waals surface area contributed by atoms with Gasteiger partial charge >= 0.3 is 7.60 Å². The van der Waals surface area contributed by atoms with Crippen molar-refractivity contribution in [1.82, 2.24) is 0 Å². The van der Waals surface area contributed by atoms with E-state index in [9.17, 15) is 4.57 Å². The maximum atomic E-state index is 11.3. The van der Waals surface area contributed by atoms with Gasteiger partial charge in [0.2, 0.25) is 0 Å². The molecule has 0 fully saturated rings. The Morgan fingerprint density at radius 1 is 1.08 bits per heavy atom. The monoisotopic (exact) mass is 200 g/mol. The Kier molecular flexibility index (Phi) is 6.55. The van der Waals surface area contributed by atoms with Crippen LogP contribution in [0.4, 0.5) is 0 Å². The summed E-state index contributed by atoms with van der Waals surface area (Å²) < 4.78 is 20.1. The fourth-order valence-electron chi connectivity index (χ4n) is 0.607. The number of hydrogen-bond donors (Lipinski definition) is 3. The second kappa shape index (κ2) is 6.54. The van der Waals surface area contributed by atoms with E-state index in [1.54, 1.807) is 0 Å². The largest absolute Gasteiger partial charge is 0.396 e. The van der Waals surface area contributed by atoms with Crippen molar-refractivity contribution < 1.29 is 28.9 Å². The summed E-state index contributed by atoms with van der Waals surface area (Å²) in [5.74, 6) is 0. The molecule has 0 bridgehead atoms. The summed E-state index contributed by atoms with van der Waals surface area (Å²) in [5, 5.41) is 25.0. The lowest BCUT2D eigenvalue weighted by Crippen LogP contribution is -2.03. The number of hydrogen-bond acceptors (Lipinski definition) is 6. The Labute approximate surface area is 70.3 Å². The second-order valence-electron chi connectivity index (χ2n) is 1.93. The van der Waals surface area contributed by atoms with Crippen LogP contribution >= 0.6 is 7.60 Å². The van der Waals surface area contributed by atoms with Crippen LogP contribution in [0.1, 0.15) is 6.42 Å². The maximum Gasteiger partial charge on any atom is 0.334 e. The van der Waals surface area contributed by atoms with Crippen molar-refractivity contribution in [3.8, 4) is 0 Å². The summed E-state index contributed by atoms with van der Waals surface area (Å²) in [4.78, 5) is 0. The molecule has 3 N–H and O–H groups in total. The van der Waals surface area contributed by atoms with Gasteiger partial charge in [-0.25, -0.2) is 0 Å². The van der Waals surface area contributed by atoms with Crippen LogP contribution in [0.2, 0.25) is 0 Å². The molecule has 0 aromatic heterocycles. The van der Waals surface area contributed by atoms with E-state index in [0.29, 0.717) is 0 Å². The zero-order chi connectivity index (χ0) is 9.45. The Bertz CT molecular complexity index is 139. The van der Waals surface area contributed by atoms with Gasteiger partial charge < -0.3 is 15.3 Å². The van der Waals surface area contributed by atoms with Gasteiger partial charge in [-0.1, -0.05) is 0 Å². The average Bonchev–Trinajstić information content (AvgIpc) is 2.02. The first-order valence-electron chi connectivity index (χ1n) is 3.39. The second-order valence-corrected chi connectivity index (χ2v) is 4.11. The third-order valence-electron chi connectivity index (χ3n) is 1.10. The number of aliphatic hydroxyl groups excluding tert-OH is 3. The van der Waals surface area contributed by atoms with Gasteiger partial charge in [-0.15, -0.1) is 0 Å². The Balaban J connectivity index is 3.90. The fourth-order valence-corrected chi connectivity index (χ4v) is 1.82. The van der Waals surface area contributed by atoms with Crippen LogP contribution in [0.25, 0.3) is 0 Å². The van der Waals surface area contributed by atoms with Crippen molar-refractivity contribution in [3.63, 3.8) is 0 Å². The van der Waals surface area contributed by atoms with Crippen LogP contribution in [0.15, 0.2) is 0 Å². The van der Waals surface area contributed by atoms with Gasteiger partial charge in [0.25, 0.3) is 0 Å². The molecule has 0 aliphatic rings. The summed E-state index contributed by atoms with van der Waals surface area (Å²) in [6, 6.07) is 0. The van der Waals surface area contributed by atoms with Gasteiger partial charge in [0, 0.05) is 6.61 Å². The summed E-state index contributed by atoms with van der Waals surface area (Å²) in [6.07, 6.45) is 0.210. The van der Waals surface area contributed by atoms with E-state index in [1.165, 1.54) is 0 Å². The smallest absolute Gasteiger partial charge is 0.334 e. The third-order valence-corrected chi connectivity index (χ3v) is 2.98. The first-order chi connectivity index (χ1) is 5.68. The highest BCUT2D eigenvalue weighted by atomic mass is 31.2. The van der Waals surface area contributed by atoms with Gasteiger partial charge in [-0.3, -0.25) is 13.6 Å². The molecule has 0 aliphatic heterocycles. The van der Waals surface area contributed by atoms with E-state index in [1.807, 2.05) is 0 Å². The Morgan fingerprint density at radius 2 is 1.58 bits per heavy atom. The molecule has 0 aromatic rings. The highest BCUT2D eigenvalue weighted by Gasteiger charge is 2.23. The first kappa shape index (κ1) is 12.0. The molecule has 0 radical (unpaired) electrons. The van der Waals surface area contributed by atoms with Gasteiger partial charge in [0.1, 0.15) is 0 Å². The van der Waals surface area contributed by atoms with Crippen molar-refractivity contribution in [2.24, 2.45) is 0 Å². The molecule has 6 nitrogen and oxygen atoms in total. The highest BCUT2D eigenvalue weighted by molar-refractivity contribution is 7.53. The summed E-state index contributed by atoms with van der Waals surface area (Å²) >= 11 is 0. The van der Waals surface area contributed by atoms with E-state index < -0.39 is 21.2 Å². The minimum atomic E-state index is -3.40. The molecule has 0 atom stereocenters. The van der Waals surface area contributed by atoms with Gasteiger partial charge in [0.15, 0.2) is 13.6 Å². The van der Waals surface area contributed by atoms with E-state index >= 15 is 0 Å². The SMILES string of the molecule is O=P(CCCO)(OCO)OCO. The van der Waals surface area contributed by atoms with E-state index in [4.69, 9.17) is 15.3 Å². The zero-order valence-electron chi connectivity index (χ0n) is 6.55. The molecule has 0 aliphatic carbocycles. The Hall–Kier alpha value is 0.0300. The molecule has 0 spiro atoms. The van der Waals surface area contributed by atoms with Crippen molar-refractivity contribution in [2.45, 2.75) is 6.42 Å². The van der Waals surface area contributed by atoms with Gasteiger partial charge in [0.05, 0.1) is 6.16 Å². The van der Waals surface area contributed by atoms with E-state index in [0.717, 1.165) is 0 Å². The van der Waals surface area contributed by atoms with Crippen LogP contribution in [0, 0.1) is 0 Å². The predicted octanol–water partition coefficient (Wildman–Crippen LogP) is -0.505. The average molecular weight is 200 g/mol. The number of rotatable bonds is 7. The molecule has 0 heterocycles. The lowest BCUT2D eigenvalue weighted by Gasteiger charge is -2.14. The minimum Gasteiger partial charge on any atom is -0.396 e. The van der Waals surface area contributed by atoms with Crippen LogP contribution in [-0.4, -0.2) is 41.7 Å². The van der Waals surface area contributed by atoms with Crippen molar-refractivity contribution in [3.05, 3.63) is 0 Å². The molecule has 74 valence electrons. The standard InChI is InChI=1S/C5H13O6P/c6-2-1-3-12(9,10-4-7)11-5-8/h6-8H,1-5H2. The molecular weight excluding hydrogens is 187 g/mol. The van der Waals surface area contributed by atoms with Crippen molar-refractivity contribution >= 4 is 7.60 Å². The maximum absolute atomic E-state index is 11.3. The zero-order valence-corrected chi connectivity index (χ0v) is 7.44. The summed E-state index contributed by atoms with van der Waals surface area (Å²) in [7, 11) is -3.40. The quantitative estimate of drug-likeness (QED) is 0.378. The molecule has 0 saturated carbocycles. The minimum absolute atomic E-state index is 0.0232. The topological polar surface area (TPSA) is 96.2 Å². The molecule has 7 heteroatoms. The van der Waals surface area contributed by atoms with E-state index in [-0.39, 0.29) is 19.2 Å². The Morgan fingerprint density at radius 3 is 1.92 bits per heavy atom. The van der Waals surface area contributed by atoms with Crippen LogP contribution < -0.4 is 0 Å². The van der Waals surface area contributed by atoms with Crippen LogP contribution in [-0.2, 0) is 13.6 Å². The first-order valence-corrected chi connectivity index (χ1v) is 5.12. The summed E-state index contributed by atoms with van der Waals surface area (Å²) in [5.41, 5.74) is 0. The number of aliphatic hydroxyl groups is 3. The van der Waals surface area contributed by atoms with Gasteiger partial charge in [-0.2, -0.15) is 0 Å².